The summed E-state index contributed by atoms with van der Waals surface area (Å²) in [4.78, 5) is 16.2. The van der Waals surface area contributed by atoms with Gasteiger partial charge in [0.2, 0.25) is 5.95 Å². The Labute approximate surface area is 220 Å². The fraction of sp³-hybridized carbons (Fsp3) is 0.414. The fourth-order valence-corrected chi connectivity index (χ4v) is 6.08. The van der Waals surface area contributed by atoms with Gasteiger partial charge in [0, 0.05) is 37.1 Å². The normalized spacial score (nSPS) is 21.4. The Hall–Kier alpha value is -3.40. The summed E-state index contributed by atoms with van der Waals surface area (Å²) in [7, 11) is 2.14. The Bertz CT molecular complexity index is 1560. The van der Waals surface area contributed by atoms with Gasteiger partial charge in [-0.05, 0) is 73.2 Å². The van der Waals surface area contributed by atoms with E-state index in [4.69, 9.17) is 14.7 Å². The summed E-state index contributed by atoms with van der Waals surface area (Å²) in [6, 6.07) is 8.21. The predicted molar refractivity (Wildman–Crippen MR) is 142 cm³/mol. The molecule has 2 aliphatic heterocycles. The zero-order valence-electron chi connectivity index (χ0n) is 21.7. The largest absolute Gasteiger partial charge is 0.384 e. The fourth-order valence-electron chi connectivity index (χ4n) is 6.08. The third-order valence-corrected chi connectivity index (χ3v) is 8.44. The van der Waals surface area contributed by atoms with Crippen LogP contribution in [0.1, 0.15) is 53.6 Å². The lowest BCUT2D eigenvalue weighted by molar-refractivity contribution is 0.00793. The lowest BCUT2D eigenvalue weighted by Gasteiger charge is -2.33. The van der Waals surface area contributed by atoms with Crippen molar-refractivity contribution in [3.05, 3.63) is 70.4 Å². The molecule has 7 rings (SSSR count). The molecular weight excluding hydrogens is 483 g/mol. The highest BCUT2D eigenvalue weighted by Gasteiger charge is 2.37. The van der Waals surface area contributed by atoms with Crippen LogP contribution in [0.5, 0.6) is 0 Å². The number of fused-ring (bicyclic) bond motifs is 3. The second kappa shape index (κ2) is 8.83. The maximum Gasteiger partial charge on any atom is 0.229 e. The Balaban J connectivity index is 1.27. The summed E-state index contributed by atoms with van der Waals surface area (Å²) < 4.78 is 22.1. The van der Waals surface area contributed by atoms with Gasteiger partial charge in [-0.25, -0.2) is 14.4 Å². The molecule has 0 spiro atoms. The number of hydrogen-bond acceptors (Lipinski definition) is 7. The van der Waals surface area contributed by atoms with Crippen molar-refractivity contribution in [2.45, 2.75) is 50.7 Å². The molecule has 3 aromatic heterocycles. The van der Waals surface area contributed by atoms with Crippen LogP contribution in [0.4, 0.5) is 16.0 Å². The molecule has 1 aliphatic carbocycles. The van der Waals surface area contributed by atoms with E-state index in [1.807, 2.05) is 19.1 Å². The summed E-state index contributed by atoms with van der Waals surface area (Å²) in [5.74, 6) is 0.920. The molecule has 8 nitrogen and oxygen atoms in total. The quantitative estimate of drug-likeness (QED) is 0.410. The van der Waals surface area contributed by atoms with Crippen LogP contribution in [0.15, 0.2) is 36.7 Å². The Morgan fingerprint density at radius 3 is 2.84 bits per heavy atom. The van der Waals surface area contributed by atoms with Crippen molar-refractivity contribution in [3.63, 3.8) is 0 Å². The Kier molecular flexibility index (Phi) is 5.51. The van der Waals surface area contributed by atoms with Crippen LogP contribution in [0.25, 0.3) is 16.9 Å². The van der Waals surface area contributed by atoms with E-state index < -0.39 is 11.4 Å². The summed E-state index contributed by atoms with van der Waals surface area (Å²) in [6.07, 6.45) is 5.96. The number of rotatable bonds is 5. The average Bonchev–Trinajstić information content (AvgIpc) is 3.39. The number of ether oxygens (including phenoxy) is 1. The highest BCUT2D eigenvalue weighted by molar-refractivity contribution is 5.79. The number of benzene rings is 1. The maximum atomic E-state index is 14.9. The average molecular weight is 515 g/mol. The molecule has 0 bridgehead atoms. The zero-order chi connectivity index (χ0) is 26.0. The highest BCUT2D eigenvalue weighted by Crippen LogP contribution is 2.39. The van der Waals surface area contributed by atoms with Crippen molar-refractivity contribution in [2.75, 3.05) is 32.1 Å². The predicted octanol–water partition coefficient (Wildman–Crippen LogP) is 4.34. The van der Waals surface area contributed by atoms with Gasteiger partial charge < -0.3 is 20.1 Å². The van der Waals surface area contributed by atoms with Gasteiger partial charge in [-0.1, -0.05) is 13.0 Å². The first kappa shape index (κ1) is 23.7. The van der Waals surface area contributed by atoms with Crippen LogP contribution >= 0.6 is 0 Å². The zero-order valence-corrected chi connectivity index (χ0v) is 21.7. The molecule has 196 valence electrons. The first-order chi connectivity index (χ1) is 18.4. The summed E-state index contributed by atoms with van der Waals surface area (Å²) in [5.41, 5.74) is 6.20. The molecule has 0 amide bonds. The number of nitrogens with one attached hydrogen (secondary N) is 1. The van der Waals surface area contributed by atoms with Crippen LogP contribution < -0.4 is 5.32 Å². The third-order valence-electron chi connectivity index (χ3n) is 8.44. The van der Waals surface area contributed by atoms with E-state index in [0.717, 1.165) is 50.4 Å². The SMILES string of the molecule is CC[C@]1(O)CCc2ccc(-n3cc(F)c4cnc(Nc5cc6c(c(C7COC7)c5)CCN(C)C6)nc43)nc21. The van der Waals surface area contributed by atoms with Crippen LogP contribution in [0.2, 0.25) is 0 Å². The van der Waals surface area contributed by atoms with Gasteiger partial charge in [0.05, 0.1) is 24.3 Å². The van der Waals surface area contributed by atoms with Crippen LogP contribution in [0.3, 0.4) is 0 Å². The van der Waals surface area contributed by atoms with Gasteiger partial charge in [-0.15, -0.1) is 0 Å². The minimum atomic E-state index is -0.946. The molecule has 1 atom stereocenters. The monoisotopic (exact) mass is 514 g/mol. The molecule has 0 unspecified atom stereocenters. The topological polar surface area (TPSA) is 88.3 Å². The summed E-state index contributed by atoms with van der Waals surface area (Å²) in [6.45, 7) is 5.41. The lowest BCUT2D eigenvalue weighted by atomic mass is 9.86. The van der Waals surface area contributed by atoms with Crippen molar-refractivity contribution < 1.29 is 14.2 Å². The highest BCUT2D eigenvalue weighted by atomic mass is 19.1. The first-order valence-electron chi connectivity index (χ1n) is 13.4. The second-order valence-corrected chi connectivity index (χ2v) is 10.9. The number of aryl methyl sites for hydroxylation is 1. The molecule has 0 saturated carbocycles. The van der Waals surface area contributed by atoms with Gasteiger partial charge in [0.25, 0.3) is 0 Å². The van der Waals surface area contributed by atoms with Crippen LogP contribution in [-0.2, 0) is 29.7 Å². The third kappa shape index (κ3) is 3.80. The summed E-state index contributed by atoms with van der Waals surface area (Å²) >= 11 is 0. The number of nitrogens with zero attached hydrogens (tertiary/aromatic N) is 5. The molecule has 5 heterocycles. The molecule has 0 radical (unpaired) electrons. The minimum Gasteiger partial charge on any atom is -0.384 e. The van der Waals surface area contributed by atoms with Gasteiger partial charge >= 0.3 is 0 Å². The standard InChI is InChI=1S/C29H31FN6O2/c1-3-29(37)8-6-17-4-5-25(33-26(17)29)36-14-24(30)23-12-31-28(34-27(23)36)32-20-10-18-13-35(2)9-7-21(18)22(11-20)19-15-38-16-19/h4-5,10-12,14,19,37H,3,6-9,13,15-16H2,1-2H3,(H,31,32,34)/t29-/m0/s1. The lowest BCUT2D eigenvalue weighted by Crippen LogP contribution is -2.31. The molecule has 9 heteroatoms. The van der Waals surface area contributed by atoms with Gasteiger partial charge in [-0.3, -0.25) is 4.57 Å². The second-order valence-electron chi connectivity index (χ2n) is 10.9. The number of halogens is 1. The van der Waals surface area contributed by atoms with Crippen molar-refractivity contribution in [1.82, 2.24) is 24.4 Å². The van der Waals surface area contributed by atoms with E-state index in [-0.39, 0.29) is 0 Å². The minimum absolute atomic E-state index is 0.322. The number of likely N-dealkylation sites (N-methyl/N-ethyl adjacent to an activating group) is 1. The Morgan fingerprint density at radius 1 is 1.18 bits per heavy atom. The van der Waals surface area contributed by atoms with Gasteiger partial charge in [0.15, 0.2) is 11.5 Å². The van der Waals surface area contributed by atoms with Gasteiger partial charge in [0.1, 0.15) is 11.4 Å². The van der Waals surface area contributed by atoms with Crippen LogP contribution in [0, 0.1) is 5.82 Å². The Morgan fingerprint density at radius 2 is 2.05 bits per heavy atom. The van der Waals surface area contributed by atoms with Gasteiger partial charge in [-0.2, -0.15) is 4.98 Å². The molecular formula is C29H31FN6O2. The van der Waals surface area contributed by atoms with E-state index in [0.29, 0.717) is 47.3 Å². The maximum absolute atomic E-state index is 14.9. The summed E-state index contributed by atoms with van der Waals surface area (Å²) in [5, 5.41) is 14.7. The first-order valence-corrected chi connectivity index (χ1v) is 13.4. The van der Waals surface area contributed by atoms with E-state index >= 15 is 0 Å². The van der Waals surface area contributed by atoms with E-state index in [1.165, 1.54) is 29.1 Å². The van der Waals surface area contributed by atoms with Crippen LogP contribution in [-0.4, -0.2) is 56.3 Å². The van der Waals surface area contributed by atoms with Crippen molar-refractivity contribution in [3.8, 4) is 5.82 Å². The van der Waals surface area contributed by atoms with Crippen molar-refractivity contribution >= 4 is 22.7 Å². The molecule has 1 aromatic carbocycles. The number of aliphatic hydroxyl groups is 1. The van der Waals surface area contributed by atoms with E-state index in [9.17, 15) is 9.50 Å². The van der Waals surface area contributed by atoms with E-state index in [2.05, 4.69) is 34.4 Å². The molecule has 2 N–H and O–H groups in total. The molecule has 1 fully saturated rings. The molecule has 1 saturated heterocycles. The van der Waals surface area contributed by atoms with Crippen molar-refractivity contribution in [1.29, 1.82) is 0 Å². The number of anilines is 2. The molecule has 38 heavy (non-hydrogen) atoms. The number of hydrogen-bond donors (Lipinski definition) is 2. The molecule has 4 aromatic rings. The van der Waals surface area contributed by atoms with Crippen molar-refractivity contribution in [2.24, 2.45) is 0 Å². The number of pyridine rings is 1. The number of aromatic nitrogens is 4. The molecule has 3 aliphatic rings. The smallest absolute Gasteiger partial charge is 0.229 e. The van der Waals surface area contributed by atoms with E-state index in [1.54, 1.807) is 4.57 Å².